The van der Waals surface area contributed by atoms with Crippen molar-refractivity contribution in [1.82, 2.24) is 9.19 Å². The Morgan fingerprint density at radius 2 is 2.50 bits per heavy atom. The van der Waals surface area contributed by atoms with Gasteiger partial charge in [0.05, 0.1) is 0 Å². The highest BCUT2D eigenvalue weighted by atomic mass is 32.1. The number of nitrogens with two attached hydrogens (primary N) is 1. The number of aromatic nitrogens is 2. The summed E-state index contributed by atoms with van der Waals surface area (Å²) in [6, 6.07) is 1.63. The molecule has 0 spiro atoms. The van der Waals surface area contributed by atoms with Crippen LogP contribution in [0.2, 0.25) is 0 Å². The molecule has 1 aromatic heterocycles. The van der Waals surface area contributed by atoms with E-state index in [0.29, 0.717) is 10.5 Å². The van der Waals surface area contributed by atoms with Gasteiger partial charge in [0.1, 0.15) is 10.5 Å². The zero-order valence-electron chi connectivity index (χ0n) is 3.96. The molecule has 0 saturated carbocycles. The van der Waals surface area contributed by atoms with E-state index in [0.717, 1.165) is 0 Å². The largest absolute Gasteiger partial charge is 0.383 e. The number of nitrogen functional groups attached to an aromatic ring is 1. The third-order valence-corrected chi connectivity index (χ3v) is 1.28. The average molecular weight is 147 g/mol. The minimum Gasteiger partial charge on any atom is -0.383 e. The second kappa shape index (κ2) is 1.83. The van der Waals surface area contributed by atoms with Crippen molar-refractivity contribution in [2.75, 3.05) is 5.73 Å². The van der Waals surface area contributed by atoms with Gasteiger partial charge in [-0.25, -0.2) is 4.09 Å². The molecule has 0 aliphatic rings. The van der Waals surface area contributed by atoms with Crippen LogP contribution in [0, 0.1) is 4.64 Å². The van der Waals surface area contributed by atoms with E-state index in [9.17, 15) is 0 Å². The molecule has 3 nitrogen and oxygen atoms in total. The molecule has 0 radical (unpaired) electrons. The van der Waals surface area contributed by atoms with E-state index in [-0.39, 0.29) is 0 Å². The number of thiol groups is 1. The number of anilines is 1. The Bertz CT molecular complexity index is 212. The summed E-state index contributed by atoms with van der Waals surface area (Å²) >= 11 is 8.60. The molecule has 0 unspecified atom stereocenters. The van der Waals surface area contributed by atoms with Gasteiger partial charge in [-0.05, 0) is 12.8 Å². The van der Waals surface area contributed by atoms with E-state index in [2.05, 4.69) is 17.9 Å². The zero-order valence-corrected chi connectivity index (χ0v) is 5.67. The van der Waals surface area contributed by atoms with Gasteiger partial charge in [-0.15, -0.1) is 0 Å². The van der Waals surface area contributed by atoms with Crippen LogP contribution >= 0.6 is 25.0 Å². The molecule has 0 fully saturated rings. The van der Waals surface area contributed by atoms with Crippen LogP contribution in [-0.4, -0.2) is 9.19 Å². The number of rotatable bonds is 0. The van der Waals surface area contributed by atoms with E-state index >= 15 is 0 Å². The van der Waals surface area contributed by atoms with Crippen LogP contribution in [0.1, 0.15) is 0 Å². The second-order valence-electron chi connectivity index (χ2n) is 1.36. The standard InChI is InChI=1S/C3H5N3S2/c4-2-1-3(7)5-6(2)8/h1,8H,4H2,(H,5,7). The lowest BCUT2D eigenvalue weighted by Gasteiger charge is -1.87. The van der Waals surface area contributed by atoms with Crippen molar-refractivity contribution in [1.29, 1.82) is 0 Å². The Labute approximate surface area is 57.0 Å². The molecule has 5 heteroatoms. The maximum Gasteiger partial charge on any atom is 0.132 e. The van der Waals surface area contributed by atoms with Crippen molar-refractivity contribution in [2.24, 2.45) is 0 Å². The van der Waals surface area contributed by atoms with Crippen LogP contribution in [0.15, 0.2) is 6.07 Å². The molecule has 8 heavy (non-hydrogen) atoms. The van der Waals surface area contributed by atoms with Crippen molar-refractivity contribution in [3.8, 4) is 0 Å². The first kappa shape index (κ1) is 5.71. The molecule has 0 aliphatic carbocycles. The van der Waals surface area contributed by atoms with E-state index in [1.54, 1.807) is 6.07 Å². The molecular formula is C3H5N3S2. The number of H-pyrrole nitrogens is 1. The van der Waals surface area contributed by atoms with E-state index in [4.69, 9.17) is 18.0 Å². The lowest BCUT2D eigenvalue weighted by atomic mass is 10.7. The Morgan fingerprint density at radius 3 is 2.62 bits per heavy atom. The Hall–Kier alpha value is -0.420. The third-order valence-electron chi connectivity index (χ3n) is 0.740. The monoisotopic (exact) mass is 147 g/mol. The first-order chi connectivity index (χ1) is 3.70. The predicted octanol–water partition coefficient (Wildman–Crippen LogP) is 0.821. The highest BCUT2D eigenvalue weighted by molar-refractivity contribution is 7.78. The van der Waals surface area contributed by atoms with Gasteiger partial charge in [0.2, 0.25) is 0 Å². The summed E-state index contributed by atoms with van der Waals surface area (Å²) < 4.78 is 1.96. The Kier molecular flexibility index (Phi) is 1.31. The highest BCUT2D eigenvalue weighted by Crippen LogP contribution is 2.01. The van der Waals surface area contributed by atoms with Gasteiger partial charge in [-0.2, -0.15) is 0 Å². The summed E-state index contributed by atoms with van der Waals surface area (Å²) in [4.78, 5) is 0. The normalized spacial score (nSPS) is 9.62. The molecule has 0 saturated heterocycles. The number of aromatic amines is 1. The Balaban J connectivity index is 3.35. The minimum absolute atomic E-state index is 0.526. The highest BCUT2D eigenvalue weighted by Gasteiger charge is 1.88. The third kappa shape index (κ3) is 0.873. The zero-order chi connectivity index (χ0) is 6.15. The van der Waals surface area contributed by atoms with Gasteiger partial charge in [0.25, 0.3) is 0 Å². The number of nitrogens with one attached hydrogen (secondary N) is 1. The van der Waals surface area contributed by atoms with Crippen LogP contribution in [0.5, 0.6) is 0 Å². The average Bonchev–Trinajstić information content (AvgIpc) is 1.85. The fourth-order valence-electron chi connectivity index (χ4n) is 0.397. The molecule has 0 atom stereocenters. The predicted molar refractivity (Wildman–Crippen MR) is 38.4 cm³/mol. The van der Waals surface area contributed by atoms with Crippen LogP contribution in [0.4, 0.5) is 5.82 Å². The van der Waals surface area contributed by atoms with E-state index < -0.39 is 0 Å². The maximum atomic E-state index is 5.33. The molecule has 0 aliphatic heterocycles. The summed E-state index contributed by atoms with van der Waals surface area (Å²) in [7, 11) is 0. The number of nitrogens with zero attached hydrogens (tertiary/aromatic N) is 1. The summed E-state index contributed by atoms with van der Waals surface area (Å²) in [5.41, 5.74) is 5.33. The fourth-order valence-corrected chi connectivity index (χ4v) is 0.842. The lowest BCUT2D eigenvalue weighted by molar-refractivity contribution is 1.02. The Morgan fingerprint density at radius 1 is 1.88 bits per heavy atom. The number of hydrogen-bond donors (Lipinski definition) is 3. The topological polar surface area (TPSA) is 46.7 Å². The summed E-state index contributed by atoms with van der Waals surface area (Å²) in [5, 5.41) is 2.68. The van der Waals surface area contributed by atoms with Crippen molar-refractivity contribution in [3.63, 3.8) is 0 Å². The molecule has 1 rings (SSSR count). The molecule has 0 bridgehead atoms. The maximum absolute atomic E-state index is 5.33. The van der Waals surface area contributed by atoms with Gasteiger partial charge in [-0.3, -0.25) is 5.10 Å². The molecule has 1 aromatic rings. The first-order valence-corrected chi connectivity index (χ1v) is 2.78. The van der Waals surface area contributed by atoms with Gasteiger partial charge in [0, 0.05) is 6.07 Å². The van der Waals surface area contributed by atoms with Crippen LogP contribution in [0.3, 0.4) is 0 Å². The smallest absolute Gasteiger partial charge is 0.132 e. The van der Waals surface area contributed by atoms with Crippen molar-refractivity contribution in [3.05, 3.63) is 10.7 Å². The lowest BCUT2D eigenvalue weighted by Crippen LogP contribution is -1.90. The molecule has 3 N–H and O–H groups in total. The van der Waals surface area contributed by atoms with Crippen molar-refractivity contribution in [2.45, 2.75) is 0 Å². The summed E-state index contributed by atoms with van der Waals surface area (Å²) in [6.45, 7) is 0. The van der Waals surface area contributed by atoms with Gasteiger partial charge >= 0.3 is 0 Å². The SMILES string of the molecule is Nc1cc(=S)[nH]n1S. The van der Waals surface area contributed by atoms with Crippen molar-refractivity contribution >= 4 is 30.9 Å². The first-order valence-electron chi connectivity index (χ1n) is 1.97. The summed E-state index contributed by atoms with van der Waals surface area (Å²) in [5.74, 6) is 0.526. The van der Waals surface area contributed by atoms with Crippen LogP contribution in [0.25, 0.3) is 0 Å². The molecule has 0 amide bonds. The molecule has 44 valence electrons. The fraction of sp³-hybridized carbons (Fsp3) is 0. The van der Waals surface area contributed by atoms with Gasteiger partial charge < -0.3 is 5.73 Å². The minimum atomic E-state index is 0.526. The molecule has 1 heterocycles. The molecule has 0 aromatic carbocycles. The van der Waals surface area contributed by atoms with Crippen LogP contribution in [-0.2, 0) is 0 Å². The van der Waals surface area contributed by atoms with Gasteiger partial charge in [-0.1, -0.05) is 12.2 Å². The van der Waals surface area contributed by atoms with Gasteiger partial charge in [0.15, 0.2) is 0 Å². The molecular weight excluding hydrogens is 142 g/mol. The van der Waals surface area contributed by atoms with Crippen molar-refractivity contribution < 1.29 is 0 Å². The van der Waals surface area contributed by atoms with E-state index in [1.165, 1.54) is 4.09 Å². The second-order valence-corrected chi connectivity index (χ2v) is 2.20. The van der Waals surface area contributed by atoms with E-state index in [1.807, 2.05) is 0 Å². The summed E-state index contributed by atoms with van der Waals surface area (Å²) in [6.07, 6.45) is 0. The quantitative estimate of drug-likeness (QED) is 0.376. The van der Waals surface area contributed by atoms with Crippen LogP contribution < -0.4 is 5.73 Å². The number of hydrogen-bond acceptors (Lipinski definition) is 3.